The number of carbonyl (C=O) groups is 1. The number of hydrogen-bond donors (Lipinski definition) is 2. The number of ether oxygens (including phenoxy) is 1. The Kier molecular flexibility index (Phi) is 6.67. The van der Waals surface area contributed by atoms with E-state index in [0.717, 1.165) is 29.4 Å². The van der Waals surface area contributed by atoms with Crippen molar-refractivity contribution in [3.05, 3.63) is 75.6 Å². The number of aliphatic hydroxyl groups is 1. The van der Waals surface area contributed by atoms with Gasteiger partial charge in [-0.2, -0.15) is 0 Å². The standard InChI is InChI=1S/C23H25NO5/c1-3-7-17-12-22(27)29-23-15(2)20(11-10-18(17)23)28-14-21(26)24-13-19(25)16-8-5-4-6-9-16/h4-6,8-12,19,25H,3,7,13-14H2,1-2H3,(H,24,26)/t19-/m0/s1. The van der Waals surface area contributed by atoms with Gasteiger partial charge in [-0.1, -0.05) is 43.7 Å². The van der Waals surface area contributed by atoms with E-state index >= 15 is 0 Å². The monoisotopic (exact) mass is 395 g/mol. The normalized spacial score (nSPS) is 12.0. The van der Waals surface area contributed by atoms with Crippen LogP contribution in [0.3, 0.4) is 0 Å². The third kappa shape index (κ3) is 5.03. The lowest BCUT2D eigenvalue weighted by molar-refractivity contribution is -0.123. The van der Waals surface area contributed by atoms with Crippen molar-refractivity contribution in [3.63, 3.8) is 0 Å². The fraction of sp³-hybridized carbons (Fsp3) is 0.304. The van der Waals surface area contributed by atoms with Crippen molar-refractivity contribution < 1.29 is 19.1 Å². The van der Waals surface area contributed by atoms with Crippen LogP contribution in [0, 0.1) is 6.92 Å². The molecule has 152 valence electrons. The molecule has 3 aromatic rings. The van der Waals surface area contributed by atoms with Crippen molar-refractivity contribution in [2.45, 2.75) is 32.8 Å². The molecule has 2 N–H and O–H groups in total. The number of fused-ring (bicyclic) bond motifs is 1. The number of hydrogen-bond acceptors (Lipinski definition) is 5. The van der Waals surface area contributed by atoms with Gasteiger partial charge in [0.25, 0.3) is 5.91 Å². The molecule has 0 saturated carbocycles. The minimum atomic E-state index is -0.784. The van der Waals surface area contributed by atoms with Crippen LogP contribution in [-0.4, -0.2) is 24.2 Å². The van der Waals surface area contributed by atoms with Gasteiger partial charge in [-0.15, -0.1) is 0 Å². The van der Waals surface area contributed by atoms with E-state index in [2.05, 4.69) is 12.2 Å². The van der Waals surface area contributed by atoms with E-state index in [1.165, 1.54) is 6.07 Å². The average molecular weight is 395 g/mol. The first kappa shape index (κ1) is 20.6. The molecule has 3 rings (SSSR count). The molecule has 29 heavy (non-hydrogen) atoms. The fourth-order valence-electron chi connectivity index (χ4n) is 3.24. The summed E-state index contributed by atoms with van der Waals surface area (Å²) in [5.41, 5.74) is 2.44. The van der Waals surface area contributed by atoms with Crippen LogP contribution >= 0.6 is 0 Å². The average Bonchev–Trinajstić information content (AvgIpc) is 2.72. The van der Waals surface area contributed by atoms with E-state index in [1.54, 1.807) is 25.1 Å². The highest BCUT2D eigenvalue weighted by atomic mass is 16.5. The Hall–Kier alpha value is -3.12. The first-order valence-electron chi connectivity index (χ1n) is 9.68. The van der Waals surface area contributed by atoms with Crippen molar-refractivity contribution >= 4 is 16.9 Å². The van der Waals surface area contributed by atoms with E-state index < -0.39 is 11.7 Å². The lowest BCUT2D eigenvalue weighted by atomic mass is 10.0. The smallest absolute Gasteiger partial charge is 0.336 e. The zero-order chi connectivity index (χ0) is 20.8. The summed E-state index contributed by atoms with van der Waals surface area (Å²) in [5, 5.41) is 13.7. The van der Waals surface area contributed by atoms with Crippen molar-refractivity contribution in [2.75, 3.05) is 13.2 Å². The second kappa shape index (κ2) is 9.39. The molecule has 2 aromatic carbocycles. The summed E-state index contributed by atoms with van der Waals surface area (Å²) >= 11 is 0. The maximum absolute atomic E-state index is 12.1. The Morgan fingerprint density at radius 2 is 1.97 bits per heavy atom. The highest BCUT2D eigenvalue weighted by Crippen LogP contribution is 2.28. The molecule has 0 aliphatic rings. The minimum absolute atomic E-state index is 0.0954. The van der Waals surface area contributed by atoms with Crippen LogP contribution in [-0.2, 0) is 11.2 Å². The van der Waals surface area contributed by atoms with E-state index in [0.29, 0.717) is 16.9 Å². The first-order valence-corrected chi connectivity index (χ1v) is 9.68. The largest absolute Gasteiger partial charge is 0.483 e. The number of nitrogens with one attached hydrogen (secondary N) is 1. The number of carbonyl (C=O) groups excluding carboxylic acids is 1. The number of benzene rings is 2. The number of amides is 1. The predicted octanol–water partition coefficient (Wildman–Crippen LogP) is 3.28. The van der Waals surface area contributed by atoms with Gasteiger partial charge in [0.1, 0.15) is 11.3 Å². The molecular weight excluding hydrogens is 370 g/mol. The third-order valence-corrected chi connectivity index (χ3v) is 4.75. The van der Waals surface area contributed by atoms with Crippen LogP contribution in [0.25, 0.3) is 11.0 Å². The van der Waals surface area contributed by atoms with Crippen molar-refractivity contribution in [1.82, 2.24) is 5.32 Å². The topological polar surface area (TPSA) is 88.8 Å². The highest BCUT2D eigenvalue weighted by molar-refractivity contribution is 5.85. The molecule has 0 radical (unpaired) electrons. The summed E-state index contributed by atoms with van der Waals surface area (Å²) in [6.07, 6.45) is 0.924. The van der Waals surface area contributed by atoms with Crippen molar-refractivity contribution in [2.24, 2.45) is 0 Å². The number of rotatable bonds is 8. The number of aryl methyl sites for hydroxylation is 2. The Morgan fingerprint density at radius 3 is 2.69 bits per heavy atom. The SMILES string of the molecule is CCCc1cc(=O)oc2c(C)c(OCC(=O)NC[C@H](O)c3ccccc3)ccc12. The summed E-state index contributed by atoms with van der Waals surface area (Å²) in [6, 6.07) is 14.3. The van der Waals surface area contributed by atoms with Crippen molar-refractivity contribution in [3.8, 4) is 5.75 Å². The Balaban J connectivity index is 1.65. The molecule has 1 heterocycles. The summed E-state index contributed by atoms with van der Waals surface area (Å²) in [5.74, 6) is 0.133. The molecule has 6 nitrogen and oxygen atoms in total. The molecule has 0 aliphatic carbocycles. The van der Waals surface area contributed by atoms with Gasteiger partial charge < -0.3 is 19.6 Å². The molecule has 0 aliphatic heterocycles. The summed E-state index contributed by atoms with van der Waals surface area (Å²) in [7, 11) is 0. The van der Waals surface area contributed by atoms with E-state index in [4.69, 9.17) is 9.15 Å². The van der Waals surface area contributed by atoms with Crippen LogP contribution < -0.4 is 15.7 Å². The van der Waals surface area contributed by atoms with Gasteiger partial charge in [-0.3, -0.25) is 4.79 Å². The predicted molar refractivity (Wildman–Crippen MR) is 111 cm³/mol. The van der Waals surface area contributed by atoms with Gasteiger partial charge >= 0.3 is 5.63 Å². The Bertz CT molecular complexity index is 1040. The first-order chi connectivity index (χ1) is 14.0. The lowest BCUT2D eigenvalue weighted by Crippen LogP contribution is -2.32. The maximum atomic E-state index is 12.1. The molecule has 0 spiro atoms. The van der Waals surface area contributed by atoms with Crippen LogP contribution in [0.4, 0.5) is 0 Å². The zero-order valence-corrected chi connectivity index (χ0v) is 16.6. The molecule has 1 atom stereocenters. The molecule has 1 aromatic heterocycles. The fourth-order valence-corrected chi connectivity index (χ4v) is 3.24. The third-order valence-electron chi connectivity index (χ3n) is 4.75. The zero-order valence-electron chi connectivity index (χ0n) is 16.6. The van der Waals surface area contributed by atoms with E-state index in [1.807, 2.05) is 24.3 Å². The van der Waals surface area contributed by atoms with Crippen LogP contribution in [0.5, 0.6) is 5.75 Å². The van der Waals surface area contributed by atoms with Gasteiger partial charge in [0, 0.05) is 23.6 Å². The van der Waals surface area contributed by atoms with Gasteiger partial charge in [0.05, 0.1) is 6.10 Å². The molecule has 1 amide bonds. The minimum Gasteiger partial charge on any atom is -0.483 e. The summed E-state index contributed by atoms with van der Waals surface area (Å²) in [4.78, 5) is 24.0. The molecule has 0 fully saturated rings. The second-order valence-corrected chi connectivity index (χ2v) is 6.93. The summed E-state index contributed by atoms with van der Waals surface area (Å²) < 4.78 is 11.0. The lowest BCUT2D eigenvalue weighted by Gasteiger charge is -2.14. The Morgan fingerprint density at radius 1 is 1.21 bits per heavy atom. The molecule has 0 unspecified atom stereocenters. The van der Waals surface area contributed by atoms with Crippen molar-refractivity contribution in [1.29, 1.82) is 0 Å². The molecule has 0 bridgehead atoms. The second-order valence-electron chi connectivity index (χ2n) is 6.93. The van der Waals surface area contributed by atoms with E-state index in [-0.39, 0.29) is 19.1 Å². The van der Waals surface area contributed by atoms with Gasteiger partial charge in [-0.05, 0) is 36.6 Å². The molecule has 6 heteroatoms. The van der Waals surface area contributed by atoms with Gasteiger partial charge in [-0.25, -0.2) is 4.79 Å². The Labute approximate surface area is 169 Å². The van der Waals surface area contributed by atoms with E-state index in [9.17, 15) is 14.7 Å². The molecule has 0 saturated heterocycles. The van der Waals surface area contributed by atoms with Gasteiger partial charge in [0.15, 0.2) is 6.61 Å². The van der Waals surface area contributed by atoms with Gasteiger partial charge in [0.2, 0.25) is 0 Å². The van der Waals surface area contributed by atoms with Crippen LogP contribution in [0.1, 0.15) is 36.1 Å². The maximum Gasteiger partial charge on any atom is 0.336 e. The summed E-state index contributed by atoms with van der Waals surface area (Å²) in [6.45, 7) is 3.75. The van der Waals surface area contributed by atoms with Crippen LogP contribution in [0.15, 0.2) is 57.7 Å². The van der Waals surface area contributed by atoms with Crippen LogP contribution in [0.2, 0.25) is 0 Å². The quantitative estimate of drug-likeness (QED) is 0.572. The molecular formula is C23H25NO5. The number of aliphatic hydroxyl groups excluding tert-OH is 1. The highest BCUT2D eigenvalue weighted by Gasteiger charge is 2.14.